The number of aryl methyl sites for hydroxylation is 2. The van der Waals surface area contributed by atoms with Crippen LogP contribution in [0.1, 0.15) is 33.2 Å². The zero-order chi connectivity index (χ0) is 24.1. The number of fused-ring (bicyclic) bond motifs is 1. The van der Waals surface area contributed by atoms with Gasteiger partial charge in [0, 0.05) is 30.0 Å². The monoisotopic (exact) mass is 453 g/mol. The minimum absolute atomic E-state index is 0.00303. The molecule has 4 aromatic rings. The lowest BCUT2D eigenvalue weighted by Crippen LogP contribution is -2.36. The number of pyridine rings is 1. The van der Waals surface area contributed by atoms with Crippen LogP contribution in [0.15, 0.2) is 85.2 Å². The Bertz CT molecular complexity index is 1320. The highest BCUT2D eigenvalue weighted by molar-refractivity contribution is 5.96. The van der Waals surface area contributed by atoms with Crippen LogP contribution < -0.4 is 11.1 Å². The van der Waals surface area contributed by atoms with Crippen LogP contribution in [0.2, 0.25) is 0 Å². The largest absolute Gasteiger partial charge is 0.453 e. The fraction of sp³-hybridized carbons (Fsp3) is 0.179. The third-order valence-electron chi connectivity index (χ3n) is 5.83. The predicted octanol–water partition coefficient (Wildman–Crippen LogP) is 4.96. The minimum atomic E-state index is -0.843. The number of nitrogens with zero attached hydrogens (tertiary/aromatic N) is 1. The predicted molar refractivity (Wildman–Crippen MR) is 133 cm³/mol. The maximum Gasteiger partial charge on any atom is 0.339 e. The van der Waals surface area contributed by atoms with Gasteiger partial charge >= 0.3 is 5.97 Å². The molecule has 1 amide bonds. The van der Waals surface area contributed by atoms with Gasteiger partial charge in [-0.3, -0.25) is 9.78 Å². The molecule has 0 bridgehead atoms. The van der Waals surface area contributed by atoms with Crippen molar-refractivity contribution in [1.29, 1.82) is 0 Å². The number of rotatable bonds is 7. The van der Waals surface area contributed by atoms with Crippen molar-refractivity contribution in [3.63, 3.8) is 0 Å². The van der Waals surface area contributed by atoms with E-state index in [2.05, 4.69) is 10.3 Å². The molecule has 3 N–H and O–H groups in total. The van der Waals surface area contributed by atoms with Crippen LogP contribution in [0.4, 0.5) is 5.69 Å². The number of esters is 1. The quantitative estimate of drug-likeness (QED) is 0.386. The second-order valence-electron chi connectivity index (χ2n) is 8.32. The van der Waals surface area contributed by atoms with Gasteiger partial charge in [-0.05, 0) is 54.6 Å². The number of anilines is 1. The Morgan fingerprint density at radius 1 is 0.971 bits per heavy atom. The SMILES string of the molecule is Cc1ccc(C(=O)OC(c2ccccc2)C(CN)C(=O)Nc2ccc3cnccc3c2)c(C)c1. The number of carbonyl (C=O) groups is 2. The average molecular weight is 454 g/mol. The number of aromatic nitrogens is 1. The van der Waals surface area contributed by atoms with E-state index in [9.17, 15) is 9.59 Å². The van der Waals surface area contributed by atoms with E-state index in [4.69, 9.17) is 10.5 Å². The van der Waals surface area contributed by atoms with E-state index >= 15 is 0 Å². The van der Waals surface area contributed by atoms with Crippen molar-refractivity contribution in [2.24, 2.45) is 11.7 Å². The van der Waals surface area contributed by atoms with Gasteiger partial charge in [0.2, 0.25) is 5.91 Å². The summed E-state index contributed by atoms with van der Waals surface area (Å²) in [6.45, 7) is 3.83. The third-order valence-corrected chi connectivity index (χ3v) is 5.83. The van der Waals surface area contributed by atoms with Crippen LogP contribution in [-0.4, -0.2) is 23.4 Å². The van der Waals surface area contributed by atoms with Gasteiger partial charge in [0.1, 0.15) is 6.10 Å². The summed E-state index contributed by atoms with van der Waals surface area (Å²) < 4.78 is 5.94. The summed E-state index contributed by atoms with van der Waals surface area (Å²) in [4.78, 5) is 30.5. The highest BCUT2D eigenvalue weighted by Gasteiger charge is 2.32. The normalized spacial score (nSPS) is 12.7. The van der Waals surface area contributed by atoms with Crippen LogP contribution in [-0.2, 0) is 9.53 Å². The van der Waals surface area contributed by atoms with Gasteiger partial charge in [-0.1, -0.05) is 54.1 Å². The molecule has 0 aliphatic rings. The second-order valence-corrected chi connectivity index (χ2v) is 8.32. The van der Waals surface area contributed by atoms with Crippen molar-refractivity contribution >= 4 is 28.3 Å². The number of amides is 1. The molecule has 0 fully saturated rings. The van der Waals surface area contributed by atoms with Gasteiger partial charge in [-0.15, -0.1) is 0 Å². The fourth-order valence-electron chi connectivity index (χ4n) is 4.01. The Morgan fingerprint density at radius 2 is 1.76 bits per heavy atom. The standard InChI is InChI=1S/C28H27N3O3/c1-18-8-11-24(19(2)14-18)28(33)34-26(20-6-4-3-5-7-20)25(16-29)27(32)31-23-10-9-22-17-30-13-12-21(22)15-23/h3-15,17,25-26H,16,29H2,1-2H3,(H,31,32). The van der Waals surface area contributed by atoms with Crippen LogP contribution in [0.5, 0.6) is 0 Å². The summed E-state index contributed by atoms with van der Waals surface area (Å²) in [5, 5.41) is 4.87. The molecule has 0 radical (unpaired) electrons. The molecule has 0 aliphatic heterocycles. The maximum atomic E-state index is 13.3. The molecule has 0 spiro atoms. The van der Waals surface area contributed by atoms with Crippen molar-refractivity contribution < 1.29 is 14.3 Å². The Balaban J connectivity index is 1.61. The lowest BCUT2D eigenvalue weighted by molar-refractivity contribution is -0.123. The van der Waals surface area contributed by atoms with Gasteiger partial charge in [0.05, 0.1) is 11.5 Å². The van der Waals surface area contributed by atoms with Crippen LogP contribution in [0.25, 0.3) is 10.8 Å². The first kappa shape index (κ1) is 23.1. The number of nitrogens with one attached hydrogen (secondary N) is 1. The van der Waals surface area contributed by atoms with E-state index in [1.54, 1.807) is 18.5 Å². The topological polar surface area (TPSA) is 94.3 Å². The van der Waals surface area contributed by atoms with Crippen LogP contribution >= 0.6 is 0 Å². The van der Waals surface area contributed by atoms with Gasteiger partial charge in [-0.2, -0.15) is 0 Å². The molecule has 0 aliphatic carbocycles. The molecule has 2 unspecified atom stereocenters. The summed E-state index contributed by atoms with van der Waals surface area (Å²) in [5.41, 5.74) is 9.73. The van der Waals surface area contributed by atoms with Gasteiger partial charge < -0.3 is 15.8 Å². The number of ether oxygens (including phenoxy) is 1. The van der Waals surface area contributed by atoms with E-state index in [-0.39, 0.29) is 12.5 Å². The zero-order valence-corrected chi connectivity index (χ0v) is 19.2. The number of benzene rings is 3. The van der Waals surface area contributed by atoms with E-state index < -0.39 is 18.0 Å². The molecule has 1 aromatic heterocycles. The molecule has 1 heterocycles. The highest BCUT2D eigenvalue weighted by Crippen LogP contribution is 2.29. The van der Waals surface area contributed by atoms with Crippen LogP contribution in [0.3, 0.4) is 0 Å². The first-order valence-corrected chi connectivity index (χ1v) is 11.1. The maximum absolute atomic E-state index is 13.3. The Labute approximate surface area is 198 Å². The van der Waals surface area contributed by atoms with E-state index in [0.717, 1.165) is 21.9 Å². The highest BCUT2D eigenvalue weighted by atomic mass is 16.5. The molecular weight excluding hydrogens is 426 g/mol. The first-order valence-electron chi connectivity index (χ1n) is 11.1. The summed E-state index contributed by atoms with van der Waals surface area (Å²) >= 11 is 0. The number of hydrogen-bond acceptors (Lipinski definition) is 5. The molecule has 2 atom stereocenters. The van der Waals surface area contributed by atoms with Crippen molar-refractivity contribution in [3.05, 3.63) is 107 Å². The molecule has 6 nitrogen and oxygen atoms in total. The summed E-state index contributed by atoms with van der Waals surface area (Å²) in [5.74, 6) is -1.60. The Hall–Kier alpha value is -4.03. The average Bonchev–Trinajstić information content (AvgIpc) is 2.84. The van der Waals surface area contributed by atoms with Crippen LogP contribution in [0, 0.1) is 19.8 Å². The Morgan fingerprint density at radius 3 is 2.50 bits per heavy atom. The molecular formula is C28H27N3O3. The molecule has 3 aromatic carbocycles. The van der Waals surface area contributed by atoms with Gasteiger partial charge in [-0.25, -0.2) is 4.79 Å². The van der Waals surface area contributed by atoms with E-state index in [0.29, 0.717) is 16.8 Å². The zero-order valence-electron chi connectivity index (χ0n) is 19.2. The number of nitrogens with two attached hydrogens (primary N) is 1. The Kier molecular flexibility index (Phi) is 6.99. The van der Waals surface area contributed by atoms with Crippen molar-refractivity contribution in [2.45, 2.75) is 20.0 Å². The molecule has 4 rings (SSSR count). The summed E-state index contributed by atoms with van der Waals surface area (Å²) in [6, 6.07) is 22.2. The van der Waals surface area contributed by atoms with Crippen molar-refractivity contribution in [2.75, 3.05) is 11.9 Å². The third kappa shape index (κ3) is 5.13. The van der Waals surface area contributed by atoms with Gasteiger partial charge in [0.25, 0.3) is 0 Å². The number of carbonyl (C=O) groups excluding carboxylic acids is 2. The van der Waals surface area contributed by atoms with E-state index in [1.807, 2.05) is 80.6 Å². The molecule has 6 heteroatoms. The minimum Gasteiger partial charge on any atom is -0.453 e. The summed E-state index contributed by atoms with van der Waals surface area (Å²) in [6.07, 6.45) is 2.62. The smallest absolute Gasteiger partial charge is 0.339 e. The lowest BCUT2D eigenvalue weighted by Gasteiger charge is -2.26. The molecule has 172 valence electrons. The summed E-state index contributed by atoms with van der Waals surface area (Å²) in [7, 11) is 0. The van der Waals surface area contributed by atoms with E-state index in [1.165, 1.54) is 0 Å². The molecule has 34 heavy (non-hydrogen) atoms. The van der Waals surface area contributed by atoms with Crippen molar-refractivity contribution in [3.8, 4) is 0 Å². The molecule has 0 saturated heterocycles. The van der Waals surface area contributed by atoms with Crippen molar-refractivity contribution in [1.82, 2.24) is 4.98 Å². The lowest BCUT2D eigenvalue weighted by atomic mass is 9.94. The van der Waals surface area contributed by atoms with Gasteiger partial charge in [0.15, 0.2) is 0 Å². The fourth-order valence-corrected chi connectivity index (χ4v) is 4.01. The second kappa shape index (κ2) is 10.3. The first-order chi connectivity index (χ1) is 16.5. The molecule has 0 saturated carbocycles. The number of hydrogen-bond donors (Lipinski definition) is 2.